The first kappa shape index (κ1) is 13.6. The van der Waals surface area contributed by atoms with Gasteiger partial charge in [0.1, 0.15) is 5.92 Å². The van der Waals surface area contributed by atoms with Gasteiger partial charge in [0.2, 0.25) is 0 Å². The SMILES string of the molecule is Cc1csc(NC(=O)N2CC(C(=O)O)c3ccccc32)n1. The van der Waals surface area contributed by atoms with Gasteiger partial charge in [-0.1, -0.05) is 18.2 Å². The van der Waals surface area contributed by atoms with E-state index in [2.05, 4.69) is 10.3 Å². The summed E-state index contributed by atoms with van der Waals surface area (Å²) in [5.74, 6) is -1.62. The number of thiazole rings is 1. The molecule has 2 N–H and O–H groups in total. The molecule has 2 amide bonds. The van der Waals surface area contributed by atoms with Crippen LogP contribution in [-0.2, 0) is 4.79 Å². The molecule has 1 unspecified atom stereocenters. The number of hydrogen-bond acceptors (Lipinski definition) is 4. The smallest absolute Gasteiger partial charge is 0.328 e. The number of nitrogens with one attached hydrogen (secondary N) is 1. The summed E-state index contributed by atoms with van der Waals surface area (Å²) in [7, 11) is 0. The largest absolute Gasteiger partial charge is 0.481 e. The highest BCUT2D eigenvalue weighted by atomic mass is 32.1. The van der Waals surface area contributed by atoms with E-state index in [-0.39, 0.29) is 12.6 Å². The summed E-state index contributed by atoms with van der Waals surface area (Å²) in [5, 5.41) is 14.3. The van der Waals surface area contributed by atoms with Crippen LogP contribution < -0.4 is 10.2 Å². The predicted molar refractivity (Wildman–Crippen MR) is 80.0 cm³/mol. The van der Waals surface area contributed by atoms with E-state index < -0.39 is 11.9 Å². The van der Waals surface area contributed by atoms with Gasteiger partial charge in [-0.25, -0.2) is 9.78 Å². The molecule has 1 aliphatic heterocycles. The van der Waals surface area contributed by atoms with Gasteiger partial charge in [0, 0.05) is 17.6 Å². The first-order chi connectivity index (χ1) is 10.1. The Morgan fingerprint density at radius 1 is 1.43 bits per heavy atom. The number of rotatable bonds is 2. The quantitative estimate of drug-likeness (QED) is 0.893. The number of aliphatic carboxylic acids is 1. The molecule has 0 saturated carbocycles. The highest BCUT2D eigenvalue weighted by Crippen LogP contribution is 2.36. The van der Waals surface area contributed by atoms with E-state index in [1.807, 2.05) is 12.3 Å². The van der Waals surface area contributed by atoms with Crippen molar-refractivity contribution in [2.75, 3.05) is 16.8 Å². The molecule has 1 aliphatic rings. The summed E-state index contributed by atoms with van der Waals surface area (Å²) in [5.41, 5.74) is 2.13. The molecule has 1 aromatic carbocycles. The fraction of sp³-hybridized carbons (Fsp3) is 0.214. The summed E-state index contributed by atoms with van der Waals surface area (Å²) in [6.07, 6.45) is 0. The zero-order valence-corrected chi connectivity index (χ0v) is 12.1. The van der Waals surface area contributed by atoms with Crippen molar-refractivity contribution in [2.24, 2.45) is 0 Å². The van der Waals surface area contributed by atoms with Crippen molar-refractivity contribution in [2.45, 2.75) is 12.8 Å². The van der Waals surface area contributed by atoms with E-state index in [1.165, 1.54) is 16.2 Å². The zero-order valence-electron chi connectivity index (χ0n) is 11.2. The Morgan fingerprint density at radius 3 is 2.86 bits per heavy atom. The van der Waals surface area contributed by atoms with Gasteiger partial charge in [-0.2, -0.15) is 0 Å². The summed E-state index contributed by atoms with van der Waals surface area (Å²) >= 11 is 1.34. The minimum absolute atomic E-state index is 0.130. The standard InChI is InChI=1S/C14H13N3O3S/c1-8-7-21-13(15-8)16-14(20)17-6-10(12(18)19)9-4-2-3-5-11(9)17/h2-5,7,10H,6H2,1H3,(H,18,19)(H,15,16,20). The molecule has 108 valence electrons. The Labute approximate surface area is 125 Å². The van der Waals surface area contributed by atoms with Crippen molar-refractivity contribution in [3.05, 3.63) is 40.9 Å². The summed E-state index contributed by atoms with van der Waals surface area (Å²) in [4.78, 5) is 29.3. The van der Waals surface area contributed by atoms with Crippen LogP contribution in [0.3, 0.4) is 0 Å². The first-order valence-corrected chi connectivity index (χ1v) is 7.26. The second-order valence-electron chi connectivity index (χ2n) is 4.78. The van der Waals surface area contributed by atoms with Crippen LogP contribution >= 0.6 is 11.3 Å². The van der Waals surface area contributed by atoms with E-state index >= 15 is 0 Å². The van der Waals surface area contributed by atoms with Gasteiger partial charge in [-0.15, -0.1) is 11.3 Å². The minimum Gasteiger partial charge on any atom is -0.481 e. The van der Waals surface area contributed by atoms with Gasteiger partial charge >= 0.3 is 12.0 Å². The third-order valence-electron chi connectivity index (χ3n) is 3.34. The van der Waals surface area contributed by atoms with Gasteiger partial charge in [-0.3, -0.25) is 15.0 Å². The number of fused-ring (bicyclic) bond motifs is 1. The highest BCUT2D eigenvalue weighted by molar-refractivity contribution is 7.13. The number of anilines is 2. The van der Waals surface area contributed by atoms with Gasteiger partial charge < -0.3 is 5.11 Å². The van der Waals surface area contributed by atoms with Crippen LogP contribution in [0.15, 0.2) is 29.6 Å². The van der Waals surface area contributed by atoms with Gasteiger partial charge in [-0.05, 0) is 18.6 Å². The minimum atomic E-state index is -0.928. The monoisotopic (exact) mass is 303 g/mol. The van der Waals surface area contributed by atoms with E-state index in [0.29, 0.717) is 16.4 Å². The molecule has 0 saturated heterocycles. The molecule has 2 aromatic rings. The van der Waals surface area contributed by atoms with Gasteiger partial charge in [0.15, 0.2) is 5.13 Å². The van der Waals surface area contributed by atoms with Crippen LogP contribution in [0.25, 0.3) is 0 Å². The fourth-order valence-electron chi connectivity index (χ4n) is 2.38. The van der Waals surface area contributed by atoms with Gasteiger partial charge in [0.25, 0.3) is 0 Å². The number of nitrogens with zero attached hydrogens (tertiary/aromatic N) is 2. The maximum atomic E-state index is 12.3. The number of carbonyl (C=O) groups is 2. The summed E-state index contributed by atoms with van der Waals surface area (Å²) in [6.45, 7) is 1.97. The molecule has 0 spiro atoms. The fourth-order valence-corrected chi connectivity index (χ4v) is 3.06. The van der Waals surface area contributed by atoms with Crippen LogP contribution in [0.4, 0.5) is 15.6 Å². The van der Waals surface area contributed by atoms with Crippen LogP contribution in [0.2, 0.25) is 0 Å². The number of carbonyl (C=O) groups excluding carboxylic acids is 1. The van der Waals surface area contributed by atoms with Crippen molar-refractivity contribution in [3.63, 3.8) is 0 Å². The lowest BCUT2D eigenvalue weighted by molar-refractivity contribution is -0.138. The topological polar surface area (TPSA) is 82.5 Å². The van der Waals surface area contributed by atoms with E-state index in [1.54, 1.807) is 24.3 Å². The normalized spacial score (nSPS) is 16.6. The number of amides is 2. The molecule has 0 bridgehead atoms. The van der Waals surface area contributed by atoms with Crippen molar-refractivity contribution in [1.29, 1.82) is 0 Å². The Morgan fingerprint density at radius 2 is 2.19 bits per heavy atom. The van der Waals surface area contributed by atoms with Crippen molar-refractivity contribution >= 4 is 34.2 Å². The Balaban J connectivity index is 1.86. The molecule has 1 aromatic heterocycles. The third kappa shape index (κ3) is 2.47. The molecular weight excluding hydrogens is 290 g/mol. The molecule has 2 heterocycles. The predicted octanol–water partition coefficient (Wildman–Crippen LogP) is 2.67. The molecule has 3 rings (SSSR count). The molecule has 21 heavy (non-hydrogen) atoms. The Kier molecular flexibility index (Phi) is 3.34. The number of benzene rings is 1. The number of hydrogen-bond donors (Lipinski definition) is 2. The molecule has 1 atom stereocenters. The van der Waals surface area contributed by atoms with Crippen molar-refractivity contribution in [3.8, 4) is 0 Å². The molecule has 0 radical (unpaired) electrons. The van der Waals surface area contributed by atoms with Crippen LogP contribution in [-0.4, -0.2) is 28.6 Å². The molecule has 0 fully saturated rings. The first-order valence-electron chi connectivity index (χ1n) is 6.38. The number of aryl methyl sites for hydroxylation is 1. The van der Waals surface area contributed by atoms with E-state index in [4.69, 9.17) is 0 Å². The lowest BCUT2D eigenvalue weighted by Crippen LogP contribution is -2.35. The van der Waals surface area contributed by atoms with Gasteiger partial charge in [0.05, 0.1) is 5.69 Å². The molecule has 0 aliphatic carbocycles. The summed E-state index contributed by atoms with van der Waals surface area (Å²) in [6, 6.07) is 6.71. The third-order valence-corrected chi connectivity index (χ3v) is 4.22. The number of urea groups is 1. The van der Waals surface area contributed by atoms with Crippen LogP contribution in [0.1, 0.15) is 17.2 Å². The highest BCUT2D eigenvalue weighted by Gasteiger charge is 2.36. The Bertz CT molecular complexity index is 713. The van der Waals surface area contributed by atoms with Crippen LogP contribution in [0, 0.1) is 6.92 Å². The maximum absolute atomic E-state index is 12.3. The summed E-state index contributed by atoms with van der Waals surface area (Å²) < 4.78 is 0. The average Bonchev–Trinajstić information content (AvgIpc) is 3.02. The number of carboxylic acid groups (broad SMARTS) is 1. The average molecular weight is 303 g/mol. The maximum Gasteiger partial charge on any atom is 0.328 e. The van der Waals surface area contributed by atoms with E-state index in [0.717, 1.165) is 5.69 Å². The number of aromatic nitrogens is 1. The second-order valence-corrected chi connectivity index (χ2v) is 5.64. The molecular formula is C14H13N3O3S. The number of carboxylic acids is 1. The molecule has 6 nitrogen and oxygen atoms in total. The zero-order chi connectivity index (χ0) is 15.0. The molecule has 7 heteroatoms. The second kappa shape index (κ2) is 5.17. The lowest BCUT2D eigenvalue weighted by Gasteiger charge is -2.17. The lowest BCUT2D eigenvalue weighted by atomic mass is 10.0. The Hall–Kier alpha value is -2.41. The van der Waals surface area contributed by atoms with Crippen molar-refractivity contribution < 1.29 is 14.7 Å². The van der Waals surface area contributed by atoms with E-state index in [9.17, 15) is 14.7 Å². The number of para-hydroxylation sites is 1. The van der Waals surface area contributed by atoms with Crippen molar-refractivity contribution in [1.82, 2.24) is 4.98 Å². The van der Waals surface area contributed by atoms with Crippen LogP contribution in [0.5, 0.6) is 0 Å².